The van der Waals surface area contributed by atoms with Crippen LogP contribution in [0.5, 0.6) is 0 Å². The van der Waals surface area contributed by atoms with Crippen molar-refractivity contribution in [3.8, 4) is 0 Å². The summed E-state index contributed by atoms with van der Waals surface area (Å²) in [6.07, 6.45) is 0. The van der Waals surface area contributed by atoms with Crippen molar-refractivity contribution in [3.63, 3.8) is 0 Å². The SMILES string of the molecule is CNCc1ccc([Si](C)(C)C)cc1. The molecule has 0 unspecified atom stereocenters. The van der Waals surface area contributed by atoms with Crippen LogP contribution in [0.25, 0.3) is 0 Å². The van der Waals surface area contributed by atoms with E-state index < -0.39 is 8.07 Å². The lowest BCUT2D eigenvalue weighted by Crippen LogP contribution is -2.37. The third-order valence-electron chi connectivity index (χ3n) is 2.20. The average Bonchev–Trinajstić information content (AvgIpc) is 2.04. The molecule has 1 nitrogen and oxygen atoms in total. The molecule has 1 aromatic rings. The molecule has 0 aliphatic heterocycles. The Labute approximate surface area is 82.2 Å². The minimum atomic E-state index is -1.10. The van der Waals surface area contributed by atoms with E-state index in [1.54, 1.807) is 0 Å². The molecule has 0 atom stereocenters. The van der Waals surface area contributed by atoms with Crippen LogP contribution in [0.15, 0.2) is 24.3 Å². The van der Waals surface area contributed by atoms with Gasteiger partial charge in [-0.1, -0.05) is 49.1 Å². The van der Waals surface area contributed by atoms with E-state index in [4.69, 9.17) is 0 Å². The van der Waals surface area contributed by atoms with Crippen LogP contribution in [0, 0.1) is 0 Å². The summed E-state index contributed by atoms with van der Waals surface area (Å²) < 4.78 is 0. The Morgan fingerprint density at radius 1 is 1.08 bits per heavy atom. The molecule has 72 valence electrons. The van der Waals surface area contributed by atoms with Crippen LogP contribution in [0.3, 0.4) is 0 Å². The van der Waals surface area contributed by atoms with Gasteiger partial charge in [0.1, 0.15) is 0 Å². The molecule has 0 aliphatic rings. The van der Waals surface area contributed by atoms with Gasteiger partial charge < -0.3 is 5.32 Å². The second-order valence-corrected chi connectivity index (χ2v) is 9.55. The van der Waals surface area contributed by atoms with Crippen LogP contribution in [0.2, 0.25) is 19.6 Å². The van der Waals surface area contributed by atoms with Gasteiger partial charge in [-0.2, -0.15) is 0 Å². The molecule has 0 amide bonds. The molecule has 0 bridgehead atoms. The van der Waals surface area contributed by atoms with Crippen LogP contribution in [0.4, 0.5) is 0 Å². The first-order valence-electron chi connectivity index (χ1n) is 4.78. The third kappa shape index (κ3) is 2.97. The molecule has 1 rings (SSSR count). The number of nitrogens with one attached hydrogen (secondary N) is 1. The average molecular weight is 193 g/mol. The van der Waals surface area contributed by atoms with Crippen molar-refractivity contribution in [2.24, 2.45) is 0 Å². The van der Waals surface area contributed by atoms with Crippen LogP contribution in [0.1, 0.15) is 5.56 Å². The van der Waals surface area contributed by atoms with Crippen molar-refractivity contribution in [2.45, 2.75) is 26.2 Å². The zero-order valence-electron chi connectivity index (χ0n) is 9.02. The minimum Gasteiger partial charge on any atom is -0.316 e. The van der Waals surface area contributed by atoms with Gasteiger partial charge in [0.25, 0.3) is 0 Å². The molecule has 0 saturated carbocycles. The zero-order valence-corrected chi connectivity index (χ0v) is 10.0. The maximum absolute atomic E-state index is 3.15. The third-order valence-corrected chi connectivity index (χ3v) is 4.27. The largest absolute Gasteiger partial charge is 0.316 e. The molecule has 0 aromatic heterocycles. The van der Waals surface area contributed by atoms with E-state index in [1.165, 1.54) is 10.8 Å². The van der Waals surface area contributed by atoms with E-state index in [0.717, 1.165) is 6.54 Å². The Hall–Kier alpha value is -0.603. The van der Waals surface area contributed by atoms with Crippen LogP contribution >= 0.6 is 0 Å². The predicted molar refractivity (Wildman–Crippen MR) is 62.2 cm³/mol. The van der Waals surface area contributed by atoms with Crippen LogP contribution in [-0.4, -0.2) is 15.1 Å². The lowest BCUT2D eigenvalue weighted by atomic mass is 10.2. The molecule has 0 saturated heterocycles. The minimum absolute atomic E-state index is 0.964. The molecule has 0 radical (unpaired) electrons. The molecule has 0 heterocycles. The van der Waals surface area contributed by atoms with Gasteiger partial charge in [-0.05, 0) is 12.6 Å². The van der Waals surface area contributed by atoms with Crippen molar-refractivity contribution in [1.29, 1.82) is 0 Å². The van der Waals surface area contributed by atoms with Crippen molar-refractivity contribution in [2.75, 3.05) is 7.05 Å². The van der Waals surface area contributed by atoms with Gasteiger partial charge >= 0.3 is 0 Å². The summed E-state index contributed by atoms with van der Waals surface area (Å²) >= 11 is 0. The molecule has 0 spiro atoms. The monoisotopic (exact) mass is 193 g/mol. The van der Waals surface area contributed by atoms with Gasteiger partial charge in [-0.25, -0.2) is 0 Å². The molecule has 1 aromatic carbocycles. The van der Waals surface area contributed by atoms with Gasteiger partial charge in [0.2, 0.25) is 0 Å². The topological polar surface area (TPSA) is 12.0 Å². The predicted octanol–water partition coefficient (Wildman–Crippen LogP) is 1.95. The number of rotatable bonds is 3. The van der Waals surface area contributed by atoms with E-state index >= 15 is 0 Å². The first kappa shape index (κ1) is 10.5. The first-order valence-corrected chi connectivity index (χ1v) is 8.28. The molecule has 0 fully saturated rings. The lowest BCUT2D eigenvalue weighted by molar-refractivity contribution is 0.818. The standard InChI is InChI=1S/C11H19NSi/c1-12-9-10-5-7-11(8-6-10)13(2,3)4/h5-8,12H,9H2,1-4H3. The molecule has 0 aliphatic carbocycles. The summed E-state index contributed by atoms with van der Waals surface area (Å²) in [6.45, 7) is 8.09. The highest BCUT2D eigenvalue weighted by atomic mass is 28.3. The summed E-state index contributed by atoms with van der Waals surface area (Å²) in [4.78, 5) is 0. The highest BCUT2D eigenvalue weighted by Crippen LogP contribution is 2.04. The van der Waals surface area contributed by atoms with Gasteiger partial charge in [0, 0.05) is 6.54 Å². The van der Waals surface area contributed by atoms with E-state index in [9.17, 15) is 0 Å². The maximum atomic E-state index is 3.15. The van der Waals surface area contributed by atoms with Crippen LogP contribution < -0.4 is 10.5 Å². The Morgan fingerprint density at radius 3 is 2.00 bits per heavy atom. The molecule has 1 N–H and O–H groups in total. The quantitative estimate of drug-likeness (QED) is 0.724. The van der Waals surface area contributed by atoms with Crippen molar-refractivity contribution >= 4 is 13.3 Å². The fourth-order valence-electron chi connectivity index (χ4n) is 1.33. The van der Waals surface area contributed by atoms with E-state index in [2.05, 4.69) is 49.2 Å². The van der Waals surface area contributed by atoms with Gasteiger partial charge in [-0.15, -0.1) is 0 Å². The summed E-state index contributed by atoms with van der Waals surface area (Å²) in [5, 5.41) is 4.69. The number of hydrogen-bond donors (Lipinski definition) is 1. The summed E-state index contributed by atoms with van der Waals surface area (Å²) in [5.41, 5.74) is 1.37. The van der Waals surface area contributed by atoms with E-state index in [-0.39, 0.29) is 0 Å². The van der Waals surface area contributed by atoms with Crippen molar-refractivity contribution < 1.29 is 0 Å². The summed E-state index contributed by atoms with van der Waals surface area (Å²) in [6, 6.07) is 9.01. The first-order chi connectivity index (χ1) is 6.04. The normalized spacial score (nSPS) is 11.7. The summed E-state index contributed by atoms with van der Waals surface area (Å²) in [5.74, 6) is 0. The zero-order chi connectivity index (χ0) is 9.90. The smallest absolute Gasteiger partial charge is 0.0775 e. The van der Waals surface area contributed by atoms with E-state index in [1.807, 2.05) is 7.05 Å². The van der Waals surface area contributed by atoms with Gasteiger partial charge in [0.05, 0.1) is 8.07 Å². The highest BCUT2D eigenvalue weighted by molar-refractivity contribution is 6.88. The van der Waals surface area contributed by atoms with Gasteiger partial charge in [0.15, 0.2) is 0 Å². The maximum Gasteiger partial charge on any atom is 0.0775 e. The summed E-state index contributed by atoms with van der Waals surface area (Å²) in [7, 11) is 0.879. The van der Waals surface area contributed by atoms with Gasteiger partial charge in [-0.3, -0.25) is 0 Å². The van der Waals surface area contributed by atoms with Crippen LogP contribution in [-0.2, 0) is 6.54 Å². The van der Waals surface area contributed by atoms with Crippen molar-refractivity contribution in [1.82, 2.24) is 5.32 Å². The Kier molecular flexibility index (Phi) is 3.28. The highest BCUT2D eigenvalue weighted by Gasteiger charge is 2.15. The molecule has 2 heteroatoms. The molecular formula is C11H19NSi. The molecule has 13 heavy (non-hydrogen) atoms. The molecular weight excluding hydrogens is 174 g/mol. The number of benzene rings is 1. The second-order valence-electron chi connectivity index (χ2n) is 4.48. The fraction of sp³-hybridized carbons (Fsp3) is 0.455. The lowest BCUT2D eigenvalue weighted by Gasteiger charge is -2.16. The Morgan fingerprint density at radius 2 is 1.62 bits per heavy atom. The van der Waals surface area contributed by atoms with E-state index in [0.29, 0.717) is 0 Å². The number of hydrogen-bond acceptors (Lipinski definition) is 1. The Bertz CT molecular complexity index is 258. The second kappa shape index (κ2) is 4.07. The van der Waals surface area contributed by atoms with Crippen molar-refractivity contribution in [3.05, 3.63) is 29.8 Å². The fourth-order valence-corrected chi connectivity index (χ4v) is 2.49. The Balaban J connectivity index is 2.81.